The molecule has 2 aliphatic rings. The summed E-state index contributed by atoms with van der Waals surface area (Å²) in [5, 5.41) is 0. The number of aliphatic imine (C=N–C) groups is 1. The van der Waals surface area contributed by atoms with Crippen molar-refractivity contribution >= 4 is 11.9 Å². The molecule has 25 heavy (non-hydrogen) atoms. The van der Waals surface area contributed by atoms with Gasteiger partial charge in [0.05, 0.1) is 13.2 Å². The van der Waals surface area contributed by atoms with Crippen LogP contribution < -0.4 is 0 Å². The number of hydrogen-bond donors (Lipinski definition) is 0. The Morgan fingerprint density at radius 2 is 1.68 bits per heavy atom. The third-order valence-corrected chi connectivity index (χ3v) is 4.41. The molecule has 0 aromatic carbocycles. The van der Waals surface area contributed by atoms with E-state index in [1.807, 2.05) is 0 Å². The average molecular weight is 357 g/mol. The SMILES string of the molecule is C.CN1CCN(CCOC(=O)N=C(N2CCOCC2)C(C)(C)C)CC1. The van der Waals surface area contributed by atoms with E-state index in [0.29, 0.717) is 19.8 Å². The zero-order valence-electron chi connectivity index (χ0n) is 15.6. The molecule has 0 N–H and O–H groups in total. The van der Waals surface area contributed by atoms with Crippen molar-refractivity contribution in [2.24, 2.45) is 10.4 Å². The van der Waals surface area contributed by atoms with Crippen LogP contribution in [0.5, 0.6) is 0 Å². The Kier molecular flexibility index (Phi) is 8.82. The van der Waals surface area contributed by atoms with Gasteiger partial charge in [-0.1, -0.05) is 28.2 Å². The monoisotopic (exact) mass is 356 g/mol. The largest absolute Gasteiger partial charge is 0.447 e. The van der Waals surface area contributed by atoms with E-state index >= 15 is 0 Å². The lowest BCUT2D eigenvalue weighted by molar-refractivity contribution is 0.0641. The van der Waals surface area contributed by atoms with Crippen LogP contribution in [0.1, 0.15) is 28.2 Å². The highest BCUT2D eigenvalue weighted by Crippen LogP contribution is 2.20. The first-order valence-electron chi connectivity index (χ1n) is 8.86. The van der Waals surface area contributed by atoms with E-state index < -0.39 is 6.09 Å². The number of carbonyl (C=O) groups excluding carboxylic acids is 1. The second kappa shape index (κ2) is 10.1. The quantitative estimate of drug-likeness (QED) is 0.568. The third-order valence-electron chi connectivity index (χ3n) is 4.41. The second-order valence-electron chi connectivity index (χ2n) is 7.54. The van der Waals surface area contributed by atoms with Crippen LogP contribution in [0.2, 0.25) is 0 Å². The van der Waals surface area contributed by atoms with Crippen molar-refractivity contribution in [3.63, 3.8) is 0 Å². The Balaban J connectivity index is 0.00000312. The number of likely N-dealkylation sites (N-methyl/N-ethyl adjacent to an activating group) is 1. The lowest BCUT2D eigenvalue weighted by atomic mass is 9.93. The molecular weight excluding hydrogens is 320 g/mol. The van der Waals surface area contributed by atoms with Gasteiger partial charge in [0.25, 0.3) is 0 Å². The Hall–Kier alpha value is -1.18. The Morgan fingerprint density at radius 1 is 1.08 bits per heavy atom. The summed E-state index contributed by atoms with van der Waals surface area (Å²) in [6.07, 6.45) is -0.486. The summed E-state index contributed by atoms with van der Waals surface area (Å²) in [6, 6.07) is 0. The molecule has 0 aromatic heterocycles. The number of rotatable bonds is 3. The van der Waals surface area contributed by atoms with Crippen molar-refractivity contribution < 1.29 is 14.3 Å². The first-order valence-corrected chi connectivity index (χ1v) is 8.86. The molecule has 146 valence electrons. The van der Waals surface area contributed by atoms with Crippen molar-refractivity contribution in [3.05, 3.63) is 0 Å². The summed E-state index contributed by atoms with van der Waals surface area (Å²) in [4.78, 5) is 23.2. The van der Waals surface area contributed by atoms with Gasteiger partial charge in [0.1, 0.15) is 12.4 Å². The van der Waals surface area contributed by atoms with E-state index in [2.05, 4.69) is 47.5 Å². The fourth-order valence-corrected chi connectivity index (χ4v) is 2.94. The van der Waals surface area contributed by atoms with Crippen molar-refractivity contribution in [1.29, 1.82) is 0 Å². The zero-order chi connectivity index (χ0) is 17.6. The van der Waals surface area contributed by atoms with Crippen LogP contribution in [0.4, 0.5) is 4.79 Å². The minimum Gasteiger partial charge on any atom is -0.447 e. The topological polar surface area (TPSA) is 57.6 Å². The molecule has 2 rings (SSSR count). The predicted molar refractivity (Wildman–Crippen MR) is 101 cm³/mol. The van der Waals surface area contributed by atoms with Crippen molar-refractivity contribution in [2.75, 3.05) is 72.7 Å². The van der Waals surface area contributed by atoms with Crippen LogP contribution in [0, 0.1) is 5.41 Å². The van der Waals surface area contributed by atoms with E-state index in [1.54, 1.807) is 0 Å². The van der Waals surface area contributed by atoms with Crippen molar-refractivity contribution in [1.82, 2.24) is 14.7 Å². The highest BCUT2D eigenvalue weighted by Gasteiger charge is 2.27. The summed E-state index contributed by atoms with van der Waals surface area (Å²) in [5.41, 5.74) is -0.201. The maximum Gasteiger partial charge on any atom is 0.435 e. The van der Waals surface area contributed by atoms with Crippen molar-refractivity contribution in [3.8, 4) is 0 Å². The molecule has 0 aliphatic carbocycles. The number of amidine groups is 1. The van der Waals surface area contributed by atoms with Gasteiger partial charge in [-0.15, -0.1) is 0 Å². The Labute approximate surface area is 153 Å². The molecule has 0 aromatic rings. The molecule has 7 nitrogen and oxygen atoms in total. The van der Waals surface area contributed by atoms with Crippen LogP contribution in [0.15, 0.2) is 4.99 Å². The van der Waals surface area contributed by atoms with Gasteiger partial charge in [0.2, 0.25) is 0 Å². The molecular formula is C18H36N4O3. The van der Waals surface area contributed by atoms with E-state index in [9.17, 15) is 4.79 Å². The van der Waals surface area contributed by atoms with Gasteiger partial charge in [-0.2, -0.15) is 4.99 Å². The Bertz CT molecular complexity index is 434. The van der Waals surface area contributed by atoms with Crippen LogP contribution in [0.3, 0.4) is 0 Å². The normalized spacial score (nSPS) is 21.0. The first kappa shape index (κ1) is 21.9. The highest BCUT2D eigenvalue weighted by molar-refractivity contribution is 5.95. The van der Waals surface area contributed by atoms with Gasteiger partial charge in [-0.05, 0) is 7.05 Å². The fraction of sp³-hybridized carbons (Fsp3) is 0.889. The first-order chi connectivity index (χ1) is 11.4. The molecule has 0 saturated carbocycles. The standard InChI is InChI=1S/C17H32N4O3.CH4/c1-17(2,3)15(21-10-12-23-13-11-21)18-16(22)24-14-9-20-7-5-19(4)6-8-20;/h5-14H2,1-4H3;1H4. The summed E-state index contributed by atoms with van der Waals surface area (Å²) in [5.74, 6) is 0.787. The molecule has 1 amide bonds. The number of hydrogen-bond acceptors (Lipinski definition) is 5. The van der Waals surface area contributed by atoms with Gasteiger partial charge in [-0.25, -0.2) is 4.79 Å². The molecule has 0 radical (unpaired) electrons. The van der Waals surface area contributed by atoms with Crippen LogP contribution in [0.25, 0.3) is 0 Å². The maximum absolute atomic E-state index is 12.1. The summed E-state index contributed by atoms with van der Waals surface area (Å²) in [7, 11) is 2.13. The second-order valence-corrected chi connectivity index (χ2v) is 7.54. The molecule has 2 aliphatic heterocycles. The predicted octanol–water partition coefficient (Wildman–Crippen LogP) is 1.78. The van der Waals surface area contributed by atoms with Crippen LogP contribution >= 0.6 is 0 Å². The number of amides is 1. The van der Waals surface area contributed by atoms with E-state index in [1.165, 1.54) is 0 Å². The van der Waals surface area contributed by atoms with Gasteiger partial charge in [0.15, 0.2) is 0 Å². The molecule has 2 fully saturated rings. The van der Waals surface area contributed by atoms with E-state index in [0.717, 1.165) is 51.6 Å². The van der Waals surface area contributed by atoms with Crippen LogP contribution in [-0.2, 0) is 9.47 Å². The van der Waals surface area contributed by atoms with Gasteiger partial charge in [0, 0.05) is 51.2 Å². The zero-order valence-corrected chi connectivity index (χ0v) is 15.6. The van der Waals surface area contributed by atoms with Gasteiger partial charge in [-0.3, -0.25) is 4.90 Å². The van der Waals surface area contributed by atoms with E-state index in [4.69, 9.17) is 9.47 Å². The number of carbonyl (C=O) groups is 1. The molecule has 2 heterocycles. The highest BCUT2D eigenvalue weighted by atomic mass is 16.5. The minimum atomic E-state index is -0.486. The van der Waals surface area contributed by atoms with Crippen LogP contribution in [-0.4, -0.2) is 99.3 Å². The van der Waals surface area contributed by atoms with Gasteiger partial charge >= 0.3 is 6.09 Å². The van der Waals surface area contributed by atoms with Gasteiger partial charge < -0.3 is 19.3 Å². The summed E-state index contributed by atoms with van der Waals surface area (Å²) in [6.45, 7) is 14.4. The lowest BCUT2D eigenvalue weighted by Crippen LogP contribution is -2.46. The number of piperazine rings is 1. The average Bonchev–Trinajstić information content (AvgIpc) is 2.54. The molecule has 0 unspecified atom stereocenters. The number of morpholine rings is 1. The van der Waals surface area contributed by atoms with Crippen molar-refractivity contribution in [2.45, 2.75) is 28.2 Å². The molecule has 2 saturated heterocycles. The molecule has 0 bridgehead atoms. The third kappa shape index (κ3) is 7.30. The maximum atomic E-state index is 12.1. The summed E-state index contributed by atoms with van der Waals surface area (Å²) < 4.78 is 10.7. The minimum absolute atomic E-state index is 0. The molecule has 0 atom stereocenters. The summed E-state index contributed by atoms with van der Waals surface area (Å²) >= 11 is 0. The van der Waals surface area contributed by atoms with E-state index in [-0.39, 0.29) is 12.8 Å². The Morgan fingerprint density at radius 3 is 2.24 bits per heavy atom. The molecule has 0 spiro atoms. The fourth-order valence-electron chi connectivity index (χ4n) is 2.94. The molecule has 7 heteroatoms. The number of nitrogens with zero attached hydrogens (tertiary/aromatic N) is 4. The lowest BCUT2D eigenvalue weighted by Gasteiger charge is -2.35. The number of ether oxygens (including phenoxy) is 2. The smallest absolute Gasteiger partial charge is 0.435 e.